The third-order valence-corrected chi connectivity index (χ3v) is 5.04. The van der Waals surface area contributed by atoms with Gasteiger partial charge in [0.2, 0.25) is 0 Å². The predicted octanol–water partition coefficient (Wildman–Crippen LogP) is 4.38. The highest BCUT2D eigenvalue weighted by Crippen LogP contribution is 2.24. The Bertz CT molecular complexity index is 820. The van der Waals surface area contributed by atoms with E-state index in [4.69, 9.17) is 12.2 Å². The fourth-order valence-electron chi connectivity index (χ4n) is 2.75. The maximum atomic E-state index is 12.5. The average molecular weight is 416 g/mol. The minimum absolute atomic E-state index is 0.0935. The number of pyridine rings is 1. The number of para-hydroxylation sites is 1. The Labute approximate surface area is 160 Å². The lowest BCUT2D eigenvalue weighted by molar-refractivity contribution is -0.115. The zero-order valence-corrected chi connectivity index (χ0v) is 16.0. The van der Waals surface area contributed by atoms with E-state index in [2.05, 4.69) is 31.5 Å². The molecule has 0 radical (unpaired) electrons. The summed E-state index contributed by atoms with van der Waals surface area (Å²) in [6.07, 6.45) is 5.72. The molecular formula is C19H18BrN3OS. The SMILES string of the molecule is O=C1CCCC(NCc2ccncc2Br)=C1C(=S)Nc1ccccc1. The molecule has 3 rings (SSSR count). The van der Waals surface area contributed by atoms with Crippen molar-refractivity contribution < 1.29 is 4.79 Å². The molecule has 0 atom stereocenters. The van der Waals surface area contributed by atoms with Crippen molar-refractivity contribution in [2.75, 3.05) is 5.32 Å². The highest BCUT2D eigenvalue weighted by molar-refractivity contribution is 9.10. The van der Waals surface area contributed by atoms with E-state index in [1.165, 1.54) is 0 Å². The van der Waals surface area contributed by atoms with Gasteiger partial charge in [0.15, 0.2) is 5.78 Å². The number of thiocarbonyl (C=S) groups is 1. The first kappa shape index (κ1) is 17.8. The van der Waals surface area contributed by atoms with Gasteiger partial charge < -0.3 is 10.6 Å². The Morgan fingerprint density at radius 2 is 2.00 bits per heavy atom. The molecule has 0 aliphatic heterocycles. The molecule has 0 saturated carbocycles. The molecule has 1 aliphatic rings. The molecule has 1 aromatic carbocycles. The molecule has 25 heavy (non-hydrogen) atoms. The largest absolute Gasteiger partial charge is 0.384 e. The van der Waals surface area contributed by atoms with Crippen molar-refractivity contribution in [2.45, 2.75) is 25.8 Å². The fourth-order valence-corrected chi connectivity index (χ4v) is 3.49. The van der Waals surface area contributed by atoms with E-state index in [0.717, 1.165) is 34.3 Å². The molecule has 0 fully saturated rings. The van der Waals surface area contributed by atoms with Crippen molar-refractivity contribution in [1.82, 2.24) is 10.3 Å². The number of nitrogens with one attached hydrogen (secondary N) is 2. The molecule has 2 N–H and O–H groups in total. The highest BCUT2D eigenvalue weighted by atomic mass is 79.9. The number of carbonyl (C=O) groups is 1. The number of aromatic nitrogens is 1. The van der Waals surface area contributed by atoms with E-state index < -0.39 is 0 Å². The second-order valence-electron chi connectivity index (χ2n) is 5.77. The van der Waals surface area contributed by atoms with Crippen LogP contribution in [-0.2, 0) is 11.3 Å². The Morgan fingerprint density at radius 3 is 2.76 bits per heavy atom. The highest BCUT2D eigenvalue weighted by Gasteiger charge is 2.24. The molecule has 0 unspecified atom stereocenters. The van der Waals surface area contributed by atoms with E-state index in [0.29, 0.717) is 23.5 Å². The van der Waals surface area contributed by atoms with Crippen LogP contribution >= 0.6 is 28.1 Å². The lowest BCUT2D eigenvalue weighted by atomic mass is 9.94. The summed E-state index contributed by atoms with van der Waals surface area (Å²) in [6, 6.07) is 11.6. The second kappa shape index (κ2) is 8.36. The Kier molecular flexibility index (Phi) is 5.94. The van der Waals surface area contributed by atoms with Crippen molar-refractivity contribution in [3.63, 3.8) is 0 Å². The number of nitrogens with zero attached hydrogens (tertiary/aromatic N) is 1. The maximum absolute atomic E-state index is 12.5. The third kappa shape index (κ3) is 4.52. The minimum atomic E-state index is 0.0935. The van der Waals surface area contributed by atoms with Gasteiger partial charge in [0.1, 0.15) is 4.99 Å². The number of hydrogen-bond donors (Lipinski definition) is 2. The summed E-state index contributed by atoms with van der Waals surface area (Å²) in [7, 11) is 0. The van der Waals surface area contributed by atoms with Crippen LogP contribution in [0.4, 0.5) is 5.69 Å². The van der Waals surface area contributed by atoms with Gasteiger partial charge in [-0.2, -0.15) is 0 Å². The van der Waals surface area contributed by atoms with Gasteiger partial charge in [0, 0.05) is 41.2 Å². The average Bonchev–Trinajstić information content (AvgIpc) is 2.62. The van der Waals surface area contributed by atoms with Crippen LogP contribution in [0, 0.1) is 0 Å². The first-order valence-corrected chi connectivity index (χ1v) is 9.30. The van der Waals surface area contributed by atoms with E-state index in [9.17, 15) is 4.79 Å². The molecule has 1 aromatic heterocycles. The van der Waals surface area contributed by atoms with Gasteiger partial charge in [-0.05, 0) is 52.5 Å². The topological polar surface area (TPSA) is 54.0 Å². The Balaban J connectivity index is 1.79. The number of rotatable bonds is 5. The smallest absolute Gasteiger partial charge is 0.167 e. The van der Waals surface area contributed by atoms with Crippen molar-refractivity contribution in [3.05, 3.63) is 70.1 Å². The van der Waals surface area contributed by atoms with Gasteiger partial charge in [0.05, 0.1) is 5.57 Å². The number of Topliss-reactive ketones (excluding diaryl/α,β-unsaturated/α-hetero) is 1. The van der Waals surface area contributed by atoms with Crippen LogP contribution in [-0.4, -0.2) is 15.8 Å². The van der Waals surface area contributed by atoms with E-state index >= 15 is 0 Å². The molecule has 0 bridgehead atoms. The molecule has 1 heterocycles. The standard InChI is InChI=1S/C19H18BrN3OS/c20-15-12-21-10-9-13(15)11-22-16-7-4-8-17(24)18(16)19(25)23-14-5-2-1-3-6-14/h1-3,5-6,9-10,12,22H,4,7-8,11H2,(H,23,25). The van der Waals surface area contributed by atoms with Gasteiger partial charge >= 0.3 is 0 Å². The zero-order chi connectivity index (χ0) is 17.6. The van der Waals surface area contributed by atoms with Crippen LogP contribution in [0.1, 0.15) is 24.8 Å². The van der Waals surface area contributed by atoms with Crippen LogP contribution in [0.15, 0.2) is 64.5 Å². The zero-order valence-electron chi connectivity index (χ0n) is 13.6. The van der Waals surface area contributed by atoms with Gasteiger partial charge in [-0.1, -0.05) is 30.4 Å². The van der Waals surface area contributed by atoms with Crippen molar-refractivity contribution >= 4 is 44.6 Å². The second-order valence-corrected chi connectivity index (χ2v) is 7.03. The summed E-state index contributed by atoms with van der Waals surface area (Å²) in [5.74, 6) is 0.0935. The number of halogens is 1. The Hall–Kier alpha value is -2.05. The fraction of sp³-hybridized carbons (Fsp3) is 0.211. The van der Waals surface area contributed by atoms with E-state index in [1.54, 1.807) is 12.4 Å². The summed E-state index contributed by atoms with van der Waals surface area (Å²) in [5.41, 5.74) is 3.49. The van der Waals surface area contributed by atoms with Gasteiger partial charge in [0.25, 0.3) is 0 Å². The van der Waals surface area contributed by atoms with Crippen LogP contribution in [0.25, 0.3) is 0 Å². The molecule has 0 amide bonds. The van der Waals surface area contributed by atoms with Gasteiger partial charge in [-0.25, -0.2) is 0 Å². The van der Waals surface area contributed by atoms with Crippen LogP contribution in [0.5, 0.6) is 0 Å². The monoisotopic (exact) mass is 415 g/mol. The molecule has 2 aromatic rings. The predicted molar refractivity (Wildman–Crippen MR) is 107 cm³/mol. The van der Waals surface area contributed by atoms with Crippen molar-refractivity contribution in [2.24, 2.45) is 0 Å². The number of benzene rings is 1. The molecule has 4 nitrogen and oxygen atoms in total. The van der Waals surface area contributed by atoms with Gasteiger partial charge in [-0.15, -0.1) is 0 Å². The number of allylic oxidation sites excluding steroid dienone is 1. The summed E-state index contributed by atoms with van der Waals surface area (Å²) in [6.45, 7) is 0.614. The molecule has 6 heteroatoms. The number of anilines is 1. The summed E-state index contributed by atoms with van der Waals surface area (Å²) >= 11 is 9.02. The molecular weight excluding hydrogens is 398 g/mol. The number of carbonyl (C=O) groups excluding carboxylic acids is 1. The number of ketones is 1. The van der Waals surface area contributed by atoms with E-state index in [1.807, 2.05) is 36.4 Å². The summed E-state index contributed by atoms with van der Waals surface area (Å²) < 4.78 is 0.941. The first-order valence-electron chi connectivity index (χ1n) is 8.10. The third-order valence-electron chi connectivity index (χ3n) is 4.02. The summed E-state index contributed by atoms with van der Waals surface area (Å²) in [4.78, 5) is 17.0. The quantitative estimate of drug-likeness (QED) is 0.709. The van der Waals surface area contributed by atoms with Crippen molar-refractivity contribution in [3.8, 4) is 0 Å². The first-order chi connectivity index (χ1) is 12.1. The lowest BCUT2D eigenvalue weighted by Gasteiger charge is -2.22. The van der Waals surface area contributed by atoms with Crippen LogP contribution < -0.4 is 10.6 Å². The number of hydrogen-bond acceptors (Lipinski definition) is 4. The van der Waals surface area contributed by atoms with Crippen LogP contribution in [0.3, 0.4) is 0 Å². The van der Waals surface area contributed by atoms with Crippen molar-refractivity contribution in [1.29, 1.82) is 0 Å². The molecule has 0 saturated heterocycles. The van der Waals surface area contributed by atoms with E-state index in [-0.39, 0.29) is 5.78 Å². The molecule has 1 aliphatic carbocycles. The lowest BCUT2D eigenvalue weighted by Crippen LogP contribution is -2.28. The molecule has 0 spiro atoms. The normalized spacial score (nSPS) is 14.4. The summed E-state index contributed by atoms with van der Waals surface area (Å²) in [5, 5.41) is 6.57. The minimum Gasteiger partial charge on any atom is -0.384 e. The van der Waals surface area contributed by atoms with Crippen LogP contribution in [0.2, 0.25) is 0 Å². The maximum Gasteiger partial charge on any atom is 0.167 e. The van der Waals surface area contributed by atoms with Gasteiger partial charge in [-0.3, -0.25) is 9.78 Å². The molecule has 128 valence electrons. The Morgan fingerprint density at radius 1 is 1.20 bits per heavy atom.